The van der Waals surface area contributed by atoms with Crippen molar-refractivity contribution in [3.05, 3.63) is 58.9 Å². The number of hydrazine groups is 1. The third-order valence-corrected chi connectivity index (χ3v) is 3.43. The molecule has 0 aliphatic heterocycles. The van der Waals surface area contributed by atoms with Crippen molar-refractivity contribution in [2.24, 2.45) is 5.84 Å². The molecule has 1 aromatic carbocycles. The number of benzene rings is 1. The van der Waals surface area contributed by atoms with Crippen molar-refractivity contribution in [2.75, 3.05) is 6.61 Å². The van der Waals surface area contributed by atoms with Crippen LogP contribution in [0.4, 0.5) is 0 Å². The Balaban J connectivity index is 2.24. The standard InChI is InChI=1S/C17H23N3O/c1-4-11-21-15-8-6-14(7-9-15)17(20-18)16-10-5-12(2)19-13(16)3/h5-10,17,20H,4,11,18H2,1-3H3. The van der Waals surface area contributed by atoms with Crippen molar-refractivity contribution in [1.29, 1.82) is 0 Å². The zero-order valence-electron chi connectivity index (χ0n) is 12.9. The van der Waals surface area contributed by atoms with Crippen molar-refractivity contribution in [2.45, 2.75) is 33.2 Å². The number of aromatic nitrogens is 1. The van der Waals surface area contributed by atoms with Gasteiger partial charge in [-0.3, -0.25) is 10.8 Å². The number of nitrogens with one attached hydrogen (secondary N) is 1. The zero-order valence-corrected chi connectivity index (χ0v) is 12.9. The number of nitrogens with zero attached hydrogens (tertiary/aromatic N) is 1. The molecular formula is C17H23N3O. The topological polar surface area (TPSA) is 60.2 Å². The van der Waals surface area contributed by atoms with Gasteiger partial charge in [-0.1, -0.05) is 25.1 Å². The summed E-state index contributed by atoms with van der Waals surface area (Å²) in [5.41, 5.74) is 7.06. The van der Waals surface area contributed by atoms with E-state index >= 15 is 0 Å². The second kappa shape index (κ2) is 7.20. The number of hydrogen-bond acceptors (Lipinski definition) is 4. The molecule has 0 amide bonds. The van der Waals surface area contributed by atoms with Crippen molar-refractivity contribution in [3.8, 4) is 5.75 Å². The van der Waals surface area contributed by atoms with E-state index in [1.165, 1.54) is 0 Å². The Labute approximate surface area is 126 Å². The second-order valence-corrected chi connectivity index (χ2v) is 5.14. The van der Waals surface area contributed by atoms with Crippen molar-refractivity contribution in [1.82, 2.24) is 10.4 Å². The smallest absolute Gasteiger partial charge is 0.119 e. The van der Waals surface area contributed by atoms with Crippen LogP contribution in [0.3, 0.4) is 0 Å². The van der Waals surface area contributed by atoms with Gasteiger partial charge in [-0.15, -0.1) is 0 Å². The molecule has 4 heteroatoms. The van der Waals surface area contributed by atoms with Gasteiger partial charge in [0.25, 0.3) is 0 Å². The Morgan fingerprint density at radius 2 is 1.86 bits per heavy atom. The van der Waals surface area contributed by atoms with E-state index in [2.05, 4.69) is 23.4 Å². The minimum Gasteiger partial charge on any atom is -0.494 e. The quantitative estimate of drug-likeness (QED) is 0.632. The molecule has 1 aromatic heterocycles. The molecule has 0 saturated heterocycles. The van der Waals surface area contributed by atoms with Crippen LogP contribution in [-0.4, -0.2) is 11.6 Å². The number of nitrogens with two attached hydrogens (primary N) is 1. The first-order valence-electron chi connectivity index (χ1n) is 7.28. The Morgan fingerprint density at radius 1 is 1.14 bits per heavy atom. The minimum absolute atomic E-state index is 0.0710. The average Bonchev–Trinajstić information content (AvgIpc) is 2.49. The predicted octanol–water partition coefficient (Wildman–Crippen LogP) is 3.04. The van der Waals surface area contributed by atoms with E-state index in [0.29, 0.717) is 0 Å². The van der Waals surface area contributed by atoms with Crippen molar-refractivity contribution < 1.29 is 4.74 Å². The largest absolute Gasteiger partial charge is 0.494 e. The molecule has 1 heterocycles. The van der Waals surface area contributed by atoms with Crippen LogP contribution in [0.2, 0.25) is 0 Å². The fourth-order valence-electron chi connectivity index (χ4n) is 2.34. The van der Waals surface area contributed by atoms with Gasteiger partial charge in [0, 0.05) is 11.4 Å². The summed E-state index contributed by atoms with van der Waals surface area (Å²) in [6, 6.07) is 12.0. The number of pyridine rings is 1. The van der Waals surface area contributed by atoms with Crippen LogP contribution >= 0.6 is 0 Å². The maximum absolute atomic E-state index is 5.75. The molecule has 112 valence electrons. The van der Waals surface area contributed by atoms with Gasteiger partial charge in [0.2, 0.25) is 0 Å². The summed E-state index contributed by atoms with van der Waals surface area (Å²) in [7, 11) is 0. The highest BCUT2D eigenvalue weighted by atomic mass is 16.5. The Bertz CT molecular complexity index is 581. The number of ether oxygens (including phenoxy) is 1. The fraction of sp³-hybridized carbons (Fsp3) is 0.353. The molecule has 0 bridgehead atoms. The molecule has 21 heavy (non-hydrogen) atoms. The summed E-state index contributed by atoms with van der Waals surface area (Å²) in [6.45, 7) is 6.82. The first kappa shape index (κ1) is 15.5. The second-order valence-electron chi connectivity index (χ2n) is 5.14. The van der Waals surface area contributed by atoms with Gasteiger partial charge in [0.05, 0.1) is 12.6 Å². The summed E-state index contributed by atoms with van der Waals surface area (Å²) >= 11 is 0. The SMILES string of the molecule is CCCOc1ccc(C(NN)c2ccc(C)nc2C)cc1. The lowest BCUT2D eigenvalue weighted by atomic mass is 9.98. The molecular weight excluding hydrogens is 262 g/mol. The number of rotatable bonds is 6. The summed E-state index contributed by atoms with van der Waals surface area (Å²) < 4.78 is 5.60. The van der Waals surface area contributed by atoms with Gasteiger partial charge in [0.15, 0.2) is 0 Å². The third-order valence-electron chi connectivity index (χ3n) is 3.43. The number of hydrogen-bond donors (Lipinski definition) is 2. The molecule has 2 rings (SSSR count). The van der Waals surface area contributed by atoms with Crippen LogP contribution in [0.25, 0.3) is 0 Å². The van der Waals surface area contributed by atoms with Gasteiger partial charge in [-0.2, -0.15) is 0 Å². The summed E-state index contributed by atoms with van der Waals surface area (Å²) in [4.78, 5) is 4.51. The third kappa shape index (κ3) is 3.80. The lowest BCUT2D eigenvalue weighted by molar-refractivity contribution is 0.317. The zero-order chi connectivity index (χ0) is 15.2. The molecule has 0 spiro atoms. The molecule has 4 nitrogen and oxygen atoms in total. The van der Waals surface area contributed by atoms with E-state index in [0.717, 1.165) is 41.3 Å². The summed E-state index contributed by atoms with van der Waals surface area (Å²) in [6.07, 6.45) is 1.00. The lowest BCUT2D eigenvalue weighted by Gasteiger charge is -2.19. The molecule has 0 saturated carbocycles. The predicted molar refractivity (Wildman–Crippen MR) is 85.1 cm³/mol. The van der Waals surface area contributed by atoms with Crippen LogP contribution in [0, 0.1) is 13.8 Å². The first-order valence-corrected chi connectivity index (χ1v) is 7.28. The van der Waals surface area contributed by atoms with E-state index in [1.54, 1.807) is 0 Å². The highest BCUT2D eigenvalue weighted by Gasteiger charge is 2.15. The van der Waals surface area contributed by atoms with E-state index in [4.69, 9.17) is 10.6 Å². The van der Waals surface area contributed by atoms with Gasteiger partial charge >= 0.3 is 0 Å². The van der Waals surface area contributed by atoms with Gasteiger partial charge in [-0.25, -0.2) is 5.43 Å². The molecule has 0 radical (unpaired) electrons. The van der Waals surface area contributed by atoms with Crippen LogP contribution in [0.15, 0.2) is 36.4 Å². The molecule has 1 unspecified atom stereocenters. The molecule has 0 aliphatic carbocycles. The molecule has 3 N–H and O–H groups in total. The fourth-order valence-corrected chi connectivity index (χ4v) is 2.34. The van der Waals surface area contributed by atoms with E-state index in [1.807, 2.05) is 44.2 Å². The van der Waals surface area contributed by atoms with Gasteiger partial charge < -0.3 is 4.74 Å². The highest BCUT2D eigenvalue weighted by Crippen LogP contribution is 2.25. The first-order chi connectivity index (χ1) is 10.2. The van der Waals surface area contributed by atoms with Gasteiger partial charge in [-0.05, 0) is 49.6 Å². The van der Waals surface area contributed by atoms with Crippen molar-refractivity contribution in [3.63, 3.8) is 0 Å². The molecule has 2 aromatic rings. The monoisotopic (exact) mass is 285 g/mol. The normalized spacial score (nSPS) is 12.2. The van der Waals surface area contributed by atoms with E-state index in [9.17, 15) is 0 Å². The molecule has 0 fully saturated rings. The minimum atomic E-state index is -0.0710. The maximum atomic E-state index is 5.75. The maximum Gasteiger partial charge on any atom is 0.119 e. The Morgan fingerprint density at radius 3 is 2.43 bits per heavy atom. The molecule has 1 atom stereocenters. The summed E-state index contributed by atoms with van der Waals surface area (Å²) in [5.74, 6) is 6.64. The van der Waals surface area contributed by atoms with Crippen LogP contribution in [0.1, 0.15) is 41.9 Å². The van der Waals surface area contributed by atoms with Crippen molar-refractivity contribution >= 4 is 0 Å². The van der Waals surface area contributed by atoms with Crippen LogP contribution in [0.5, 0.6) is 5.75 Å². The van der Waals surface area contributed by atoms with Crippen LogP contribution < -0.4 is 16.0 Å². The summed E-state index contributed by atoms with van der Waals surface area (Å²) in [5, 5.41) is 0. The van der Waals surface area contributed by atoms with E-state index < -0.39 is 0 Å². The van der Waals surface area contributed by atoms with Crippen LogP contribution in [-0.2, 0) is 0 Å². The van der Waals surface area contributed by atoms with Gasteiger partial charge in [0.1, 0.15) is 5.75 Å². The Hall–Kier alpha value is -1.91. The highest BCUT2D eigenvalue weighted by molar-refractivity contribution is 5.37. The Kier molecular flexibility index (Phi) is 5.31. The van der Waals surface area contributed by atoms with E-state index in [-0.39, 0.29) is 6.04 Å². The number of aryl methyl sites for hydroxylation is 2. The molecule has 0 aliphatic rings. The average molecular weight is 285 g/mol. The lowest BCUT2D eigenvalue weighted by Crippen LogP contribution is -2.29.